The van der Waals surface area contributed by atoms with E-state index in [-0.39, 0.29) is 11.9 Å². The number of hydrogen-bond donors (Lipinski definition) is 0. The zero-order valence-corrected chi connectivity index (χ0v) is 13.4. The Morgan fingerprint density at radius 2 is 1.81 bits per heavy atom. The molecule has 0 amide bonds. The van der Waals surface area contributed by atoms with E-state index in [2.05, 4.69) is 4.90 Å². The maximum atomic E-state index is 11.4. The van der Waals surface area contributed by atoms with Crippen LogP contribution < -0.4 is 4.74 Å². The van der Waals surface area contributed by atoms with Crippen LogP contribution in [0.2, 0.25) is 0 Å². The highest BCUT2D eigenvalue weighted by Gasteiger charge is 2.25. The molecule has 0 saturated carbocycles. The summed E-state index contributed by atoms with van der Waals surface area (Å²) in [5, 5.41) is 0. The van der Waals surface area contributed by atoms with Gasteiger partial charge in [0, 0.05) is 6.54 Å². The SMILES string of the molecule is CC.COC(=O)C1CCN(CCOc2ccccc2)CC1. The molecule has 0 aromatic heterocycles. The molecule has 1 saturated heterocycles. The normalized spacial score (nSPS) is 15.8. The molecule has 0 aliphatic carbocycles. The van der Waals surface area contributed by atoms with Crippen LogP contribution in [-0.4, -0.2) is 44.2 Å². The van der Waals surface area contributed by atoms with Gasteiger partial charge in [-0.05, 0) is 38.1 Å². The summed E-state index contributed by atoms with van der Waals surface area (Å²) in [5.41, 5.74) is 0. The van der Waals surface area contributed by atoms with Gasteiger partial charge in [-0.2, -0.15) is 0 Å². The van der Waals surface area contributed by atoms with Gasteiger partial charge >= 0.3 is 5.97 Å². The number of benzene rings is 1. The van der Waals surface area contributed by atoms with Crippen molar-refractivity contribution in [2.75, 3.05) is 33.4 Å². The minimum atomic E-state index is -0.0693. The first-order valence-electron chi connectivity index (χ1n) is 7.77. The zero-order valence-electron chi connectivity index (χ0n) is 13.4. The molecule has 1 aliphatic rings. The number of ether oxygens (including phenoxy) is 2. The summed E-state index contributed by atoms with van der Waals surface area (Å²) in [4.78, 5) is 13.7. The van der Waals surface area contributed by atoms with Gasteiger partial charge in [0.15, 0.2) is 0 Å². The van der Waals surface area contributed by atoms with Crippen LogP contribution >= 0.6 is 0 Å². The first kappa shape index (κ1) is 17.5. The molecule has 1 aromatic carbocycles. The van der Waals surface area contributed by atoms with Crippen LogP contribution in [0.4, 0.5) is 0 Å². The van der Waals surface area contributed by atoms with Gasteiger partial charge in [-0.3, -0.25) is 9.69 Å². The lowest BCUT2D eigenvalue weighted by molar-refractivity contribution is -0.147. The van der Waals surface area contributed by atoms with E-state index >= 15 is 0 Å². The number of carbonyl (C=O) groups is 1. The monoisotopic (exact) mass is 293 g/mol. The minimum absolute atomic E-state index is 0.0693. The lowest BCUT2D eigenvalue weighted by Gasteiger charge is -2.30. The van der Waals surface area contributed by atoms with E-state index in [0.29, 0.717) is 6.61 Å². The maximum absolute atomic E-state index is 11.4. The lowest BCUT2D eigenvalue weighted by atomic mass is 9.97. The molecule has 4 nitrogen and oxygen atoms in total. The van der Waals surface area contributed by atoms with Gasteiger partial charge in [-0.15, -0.1) is 0 Å². The predicted molar refractivity (Wildman–Crippen MR) is 84.5 cm³/mol. The van der Waals surface area contributed by atoms with E-state index in [9.17, 15) is 4.79 Å². The van der Waals surface area contributed by atoms with E-state index in [4.69, 9.17) is 9.47 Å². The highest BCUT2D eigenvalue weighted by molar-refractivity contribution is 5.72. The van der Waals surface area contributed by atoms with Gasteiger partial charge < -0.3 is 9.47 Å². The third-order valence-electron chi connectivity index (χ3n) is 3.54. The third-order valence-corrected chi connectivity index (χ3v) is 3.54. The van der Waals surface area contributed by atoms with Gasteiger partial charge in [0.25, 0.3) is 0 Å². The van der Waals surface area contributed by atoms with Crippen molar-refractivity contribution in [3.8, 4) is 5.75 Å². The number of hydrogen-bond acceptors (Lipinski definition) is 4. The van der Waals surface area contributed by atoms with E-state index in [1.54, 1.807) is 0 Å². The number of rotatable bonds is 5. The number of nitrogens with zero attached hydrogens (tertiary/aromatic N) is 1. The van der Waals surface area contributed by atoms with Crippen molar-refractivity contribution in [3.05, 3.63) is 30.3 Å². The summed E-state index contributed by atoms with van der Waals surface area (Å²) in [6.07, 6.45) is 1.77. The molecule has 0 atom stereocenters. The van der Waals surface area contributed by atoms with E-state index in [1.807, 2.05) is 44.2 Å². The number of methoxy groups -OCH3 is 1. The number of piperidine rings is 1. The van der Waals surface area contributed by atoms with Crippen molar-refractivity contribution >= 4 is 5.97 Å². The van der Waals surface area contributed by atoms with Crippen LogP contribution in [0.3, 0.4) is 0 Å². The summed E-state index contributed by atoms with van der Waals surface area (Å²) in [7, 11) is 1.46. The minimum Gasteiger partial charge on any atom is -0.492 e. The van der Waals surface area contributed by atoms with Crippen molar-refractivity contribution in [2.24, 2.45) is 5.92 Å². The molecule has 0 N–H and O–H groups in total. The molecule has 4 heteroatoms. The molecule has 21 heavy (non-hydrogen) atoms. The number of esters is 1. The Balaban J connectivity index is 0.00000106. The Hall–Kier alpha value is -1.55. The summed E-state index contributed by atoms with van der Waals surface area (Å²) in [5.74, 6) is 0.920. The summed E-state index contributed by atoms with van der Waals surface area (Å²) in [6.45, 7) is 7.48. The zero-order chi connectivity index (χ0) is 15.5. The predicted octanol–water partition coefficient (Wildman–Crippen LogP) is 2.98. The lowest BCUT2D eigenvalue weighted by Crippen LogP contribution is -2.38. The first-order valence-corrected chi connectivity index (χ1v) is 7.77. The molecule has 0 bridgehead atoms. The highest BCUT2D eigenvalue weighted by Crippen LogP contribution is 2.18. The maximum Gasteiger partial charge on any atom is 0.308 e. The van der Waals surface area contributed by atoms with Crippen molar-refractivity contribution in [1.29, 1.82) is 0 Å². The van der Waals surface area contributed by atoms with Crippen molar-refractivity contribution < 1.29 is 14.3 Å². The van der Waals surface area contributed by atoms with Crippen LogP contribution in [0.1, 0.15) is 26.7 Å². The fourth-order valence-corrected chi connectivity index (χ4v) is 2.37. The average Bonchev–Trinajstić information content (AvgIpc) is 2.57. The topological polar surface area (TPSA) is 38.8 Å². The molecule has 2 rings (SSSR count). The number of likely N-dealkylation sites (tertiary alicyclic amines) is 1. The van der Waals surface area contributed by atoms with Crippen LogP contribution in [0.5, 0.6) is 5.75 Å². The Morgan fingerprint density at radius 3 is 2.38 bits per heavy atom. The Labute approximate surface area is 128 Å². The Kier molecular flexibility index (Phi) is 8.51. The van der Waals surface area contributed by atoms with E-state index < -0.39 is 0 Å². The molecule has 1 heterocycles. The van der Waals surface area contributed by atoms with Crippen LogP contribution in [0.15, 0.2) is 30.3 Å². The molecule has 0 unspecified atom stereocenters. The first-order chi connectivity index (χ1) is 10.3. The second-order valence-corrected chi connectivity index (χ2v) is 4.80. The van der Waals surface area contributed by atoms with Gasteiger partial charge in [0.1, 0.15) is 12.4 Å². The average molecular weight is 293 g/mol. The fraction of sp³-hybridized carbons (Fsp3) is 0.588. The molecule has 1 fully saturated rings. The smallest absolute Gasteiger partial charge is 0.308 e. The standard InChI is InChI=1S/C15H21NO3.C2H6/c1-18-15(17)13-7-9-16(10-8-13)11-12-19-14-5-3-2-4-6-14;1-2/h2-6,13H,7-12H2,1H3;1-2H3. The van der Waals surface area contributed by atoms with Crippen molar-refractivity contribution in [1.82, 2.24) is 4.90 Å². The van der Waals surface area contributed by atoms with Gasteiger partial charge in [-0.1, -0.05) is 32.0 Å². The molecule has 0 spiro atoms. The second kappa shape index (κ2) is 10.2. The molecular formula is C17H27NO3. The van der Waals surface area contributed by atoms with E-state index in [1.165, 1.54) is 7.11 Å². The highest BCUT2D eigenvalue weighted by atomic mass is 16.5. The Bertz CT molecular complexity index is 386. The molecule has 1 aromatic rings. The number of para-hydroxylation sites is 1. The van der Waals surface area contributed by atoms with Crippen LogP contribution in [0, 0.1) is 5.92 Å². The largest absolute Gasteiger partial charge is 0.492 e. The molecule has 118 valence electrons. The van der Waals surface area contributed by atoms with Gasteiger partial charge in [0.2, 0.25) is 0 Å². The third kappa shape index (κ3) is 6.17. The summed E-state index contributed by atoms with van der Waals surface area (Å²) in [6, 6.07) is 9.84. The van der Waals surface area contributed by atoms with Crippen molar-refractivity contribution in [2.45, 2.75) is 26.7 Å². The fourth-order valence-electron chi connectivity index (χ4n) is 2.37. The Morgan fingerprint density at radius 1 is 1.19 bits per heavy atom. The quantitative estimate of drug-likeness (QED) is 0.782. The summed E-state index contributed by atoms with van der Waals surface area (Å²) >= 11 is 0. The van der Waals surface area contributed by atoms with Crippen molar-refractivity contribution in [3.63, 3.8) is 0 Å². The van der Waals surface area contributed by atoms with Gasteiger partial charge in [-0.25, -0.2) is 0 Å². The number of carbonyl (C=O) groups excluding carboxylic acids is 1. The van der Waals surface area contributed by atoms with Gasteiger partial charge in [0.05, 0.1) is 13.0 Å². The van der Waals surface area contributed by atoms with Crippen LogP contribution in [-0.2, 0) is 9.53 Å². The molecule has 0 radical (unpaired) electrons. The molecule has 1 aliphatic heterocycles. The summed E-state index contributed by atoms with van der Waals surface area (Å²) < 4.78 is 10.5. The second-order valence-electron chi connectivity index (χ2n) is 4.80. The van der Waals surface area contributed by atoms with E-state index in [0.717, 1.165) is 38.2 Å². The van der Waals surface area contributed by atoms with Crippen LogP contribution in [0.25, 0.3) is 0 Å². The molecular weight excluding hydrogens is 266 g/mol.